The smallest absolute Gasteiger partial charge is 0.416 e. The van der Waals surface area contributed by atoms with Gasteiger partial charge in [-0.3, -0.25) is 14.5 Å². The predicted molar refractivity (Wildman–Crippen MR) is 160 cm³/mol. The maximum absolute atomic E-state index is 13.5. The lowest BCUT2D eigenvalue weighted by Gasteiger charge is -2.17. The predicted octanol–water partition coefficient (Wildman–Crippen LogP) is 6.71. The van der Waals surface area contributed by atoms with Gasteiger partial charge in [-0.25, -0.2) is 4.99 Å². The second kappa shape index (κ2) is 14.3. The highest BCUT2D eigenvalue weighted by molar-refractivity contribution is 8.15. The molecule has 1 saturated heterocycles. The first kappa shape index (κ1) is 31.7. The van der Waals surface area contributed by atoms with Crippen LogP contribution in [0.1, 0.15) is 30.9 Å². The number of halogens is 3. The van der Waals surface area contributed by atoms with E-state index < -0.39 is 17.0 Å². The topological polar surface area (TPSA) is 89.5 Å². The van der Waals surface area contributed by atoms with Crippen molar-refractivity contribution in [2.24, 2.45) is 4.99 Å². The van der Waals surface area contributed by atoms with Crippen LogP contribution in [0.2, 0.25) is 0 Å². The number of alkyl halides is 3. The molecule has 1 heterocycles. The molecular weight excluding hydrogens is 583 g/mol. The maximum Gasteiger partial charge on any atom is 0.416 e. The van der Waals surface area contributed by atoms with Gasteiger partial charge in [0.2, 0.25) is 11.8 Å². The SMILES string of the molecule is CCCOc1ccc(NC(=O)CC2SC(=Nc3cccc(C(F)(F)F)c3)N(CCc3ccc(OC)c(OC)c3)C2=O)cc1. The zero-order chi connectivity index (χ0) is 31.0. The number of amidine groups is 1. The highest BCUT2D eigenvalue weighted by Gasteiger charge is 2.39. The first-order valence-corrected chi connectivity index (χ1v) is 14.5. The van der Waals surface area contributed by atoms with Crippen LogP contribution in [-0.4, -0.2) is 54.5 Å². The van der Waals surface area contributed by atoms with Crippen LogP contribution in [-0.2, 0) is 22.2 Å². The van der Waals surface area contributed by atoms with Crippen LogP contribution in [0.25, 0.3) is 0 Å². The summed E-state index contributed by atoms with van der Waals surface area (Å²) < 4.78 is 56.2. The Bertz CT molecular complexity index is 1460. The minimum atomic E-state index is -4.54. The standard InChI is InChI=1S/C31H32F3N3O5S/c1-4-16-42-24-11-9-22(10-12-24)35-28(38)19-27-29(39)37(15-14-20-8-13-25(40-2)26(17-20)41-3)30(43-27)36-23-7-5-6-21(18-23)31(32,33)34/h5-13,17-18,27H,4,14-16,19H2,1-3H3,(H,35,38). The van der Waals surface area contributed by atoms with Gasteiger partial charge >= 0.3 is 6.18 Å². The summed E-state index contributed by atoms with van der Waals surface area (Å²) in [6.07, 6.45) is -3.41. The first-order chi connectivity index (χ1) is 20.6. The Morgan fingerprint density at radius 3 is 2.44 bits per heavy atom. The number of hydrogen-bond donors (Lipinski definition) is 1. The zero-order valence-corrected chi connectivity index (χ0v) is 24.8. The number of benzene rings is 3. The van der Waals surface area contributed by atoms with Gasteiger partial charge in [0, 0.05) is 18.7 Å². The van der Waals surface area contributed by atoms with Crippen LogP contribution >= 0.6 is 11.8 Å². The zero-order valence-electron chi connectivity index (χ0n) is 23.9. The molecule has 0 radical (unpaired) electrons. The first-order valence-electron chi connectivity index (χ1n) is 13.6. The van der Waals surface area contributed by atoms with Crippen LogP contribution < -0.4 is 19.5 Å². The fourth-order valence-electron chi connectivity index (χ4n) is 4.30. The summed E-state index contributed by atoms with van der Waals surface area (Å²) in [5, 5.41) is 2.21. The number of carbonyl (C=O) groups excluding carboxylic acids is 2. The lowest BCUT2D eigenvalue weighted by atomic mass is 10.1. The van der Waals surface area contributed by atoms with Crippen molar-refractivity contribution in [3.05, 3.63) is 77.9 Å². The van der Waals surface area contributed by atoms with Crippen molar-refractivity contribution < 1.29 is 37.0 Å². The summed E-state index contributed by atoms with van der Waals surface area (Å²) in [5.74, 6) is 1.03. The Morgan fingerprint density at radius 1 is 1.02 bits per heavy atom. The van der Waals surface area contributed by atoms with Gasteiger partial charge in [0.05, 0.1) is 32.1 Å². The van der Waals surface area contributed by atoms with Gasteiger partial charge in [-0.05, 0) is 73.0 Å². The Labute approximate surface area is 252 Å². The quantitative estimate of drug-likeness (QED) is 0.244. The summed E-state index contributed by atoms with van der Waals surface area (Å²) in [4.78, 5) is 32.2. The molecule has 1 unspecified atom stereocenters. The molecule has 0 aliphatic carbocycles. The molecule has 0 spiro atoms. The van der Waals surface area contributed by atoms with Crippen molar-refractivity contribution in [2.45, 2.75) is 37.6 Å². The molecule has 2 amide bonds. The van der Waals surface area contributed by atoms with Gasteiger partial charge in [-0.1, -0.05) is 30.8 Å². The van der Waals surface area contributed by atoms with Crippen LogP contribution in [0.4, 0.5) is 24.5 Å². The molecule has 0 aromatic heterocycles. The number of aliphatic imine (C=N–C) groups is 1. The normalized spacial score (nSPS) is 16.0. The summed E-state index contributed by atoms with van der Waals surface area (Å²) in [6.45, 7) is 2.78. The molecule has 1 aliphatic heterocycles. The second-order valence-electron chi connectivity index (χ2n) is 9.60. The third-order valence-electron chi connectivity index (χ3n) is 6.47. The average molecular weight is 616 g/mol. The van der Waals surface area contributed by atoms with Gasteiger partial charge < -0.3 is 19.5 Å². The minimum absolute atomic E-state index is 0.0525. The number of nitrogens with one attached hydrogen (secondary N) is 1. The Hall–Kier alpha value is -4.19. The molecule has 1 fully saturated rings. The van der Waals surface area contributed by atoms with E-state index in [2.05, 4.69) is 10.3 Å². The lowest BCUT2D eigenvalue weighted by molar-refractivity contribution is -0.137. The fraction of sp³-hybridized carbons (Fsp3) is 0.323. The van der Waals surface area contributed by atoms with Crippen molar-refractivity contribution in [2.75, 3.05) is 32.7 Å². The molecule has 4 rings (SSSR count). The van der Waals surface area contributed by atoms with E-state index in [9.17, 15) is 22.8 Å². The molecule has 43 heavy (non-hydrogen) atoms. The molecule has 3 aromatic rings. The molecule has 12 heteroatoms. The summed E-state index contributed by atoms with van der Waals surface area (Å²) in [5.41, 5.74) is 0.605. The van der Waals surface area contributed by atoms with Crippen LogP contribution in [0.15, 0.2) is 71.7 Å². The monoisotopic (exact) mass is 615 g/mol. The number of rotatable bonds is 12. The molecule has 228 valence electrons. The number of ether oxygens (including phenoxy) is 3. The van der Waals surface area contributed by atoms with E-state index in [0.717, 1.165) is 35.9 Å². The van der Waals surface area contributed by atoms with E-state index in [0.29, 0.717) is 36.0 Å². The number of amides is 2. The molecule has 1 N–H and O–H groups in total. The van der Waals surface area contributed by atoms with Gasteiger partial charge in [0.15, 0.2) is 16.7 Å². The van der Waals surface area contributed by atoms with Gasteiger partial charge in [-0.2, -0.15) is 13.2 Å². The molecule has 3 aromatic carbocycles. The van der Waals surface area contributed by atoms with Crippen molar-refractivity contribution >= 4 is 40.1 Å². The fourth-order valence-corrected chi connectivity index (χ4v) is 5.49. The Kier molecular flexibility index (Phi) is 10.6. The highest BCUT2D eigenvalue weighted by atomic mass is 32.2. The third-order valence-corrected chi connectivity index (χ3v) is 7.65. The van der Waals surface area contributed by atoms with Crippen LogP contribution in [0.5, 0.6) is 17.2 Å². The van der Waals surface area contributed by atoms with Crippen molar-refractivity contribution in [3.63, 3.8) is 0 Å². The van der Waals surface area contributed by atoms with E-state index in [1.807, 2.05) is 13.0 Å². The Morgan fingerprint density at radius 2 is 1.77 bits per heavy atom. The summed E-state index contributed by atoms with van der Waals surface area (Å²) in [6, 6.07) is 16.9. The van der Waals surface area contributed by atoms with E-state index in [1.54, 1.807) is 36.4 Å². The molecule has 0 saturated carbocycles. The van der Waals surface area contributed by atoms with E-state index in [1.165, 1.54) is 31.3 Å². The van der Waals surface area contributed by atoms with E-state index in [-0.39, 0.29) is 35.6 Å². The number of thioether (sulfide) groups is 1. The van der Waals surface area contributed by atoms with Crippen molar-refractivity contribution in [3.8, 4) is 17.2 Å². The van der Waals surface area contributed by atoms with E-state index >= 15 is 0 Å². The van der Waals surface area contributed by atoms with Gasteiger partial charge in [0.1, 0.15) is 11.0 Å². The molecule has 1 aliphatic rings. The average Bonchev–Trinajstić information content (AvgIpc) is 3.27. The van der Waals surface area contributed by atoms with Crippen LogP contribution in [0, 0.1) is 0 Å². The van der Waals surface area contributed by atoms with E-state index in [4.69, 9.17) is 14.2 Å². The number of hydrogen-bond acceptors (Lipinski definition) is 7. The number of carbonyl (C=O) groups is 2. The molecule has 0 bridgehead atoms. The van der Waals surface area contributed by atoms with Crippen molar-refractivity contribution in [1.82, 2.24) is 4.90 Å². The number of nitrogens with zero attached hydrogens (tertiary/aromatic N) is 2. The van der Waals surface area contributed by atoms with Crippen LogP contribution in [0.3, 0.4) is 0 Å². The summed E-state index contributed by atoms with van der Waals surface area (Å²) in [7, 11) is 3.05. The molecular formula is C31H32F3N3O5S. The van der Waals surface area contributed by atoms with Gasteiger partial charge in [0.25, 0.3) is 0 Å². The highest BCUT2D eigenvalue weighted by Crippen LogP contribution is 2.35. The lowest BCUT2D eigenvalue weighted by Crippen LogP contribution is -2.35. The van der Waals surface area contributed by atoms with Crippen molar-refractivity contribution in [1.29, 1.82) is 0 Å². The molecule has 8 nitrogen and oxygen atoms in total. The molecule has 1 atom stereocenters. The second-order valence-corrected chi connectivity index (χ2v) is 10.8. The third kappa shape index (κ3) is 8.44. The Balaban J connectivity index is 1.52. The van der Waals surface area contributed by atoms with Gasteiger partial charge in [-0.15, -0.1) is 0 Å². The number of methoxy groups -OCH3 is 2. The largest absolute Gasteiger partial charge is 0.494 e. The number of anilines is 1. The minimum Gasteiger partial charge on any atom is -0.494 e. The maximum atomic E-state index is 13.5. The summed E-state index contributed by atoms with van der Waals surface area (Å²) >= 11 is 1.05.